The van der Waals surface area contributed by atoms with Gasteiger partial charge in [-0.15, -0.1) is 0 Å². The first-order valence-electron chi connectivity index (χ1n) is 7.93. The highest BCUT2D eigenvalue weighted by Gasteiger charge is 2.11. The summed E-state index contributed by atoms with van der Waals surface area (Å²) in [5, 5.41) is 3.51. The number of aryl methyl sites for hydroxylation is 2. The lowest BCUT2D eigenvalue weighted by atomic mass is 10.1. The van der Waals surface area contributed by atoms with Gasteiger partial charge in [0.05, 0.1) is 11.0 Å². The molecule has 0 aliphatic rings. The molecule has 3 rings (SSSR count). The summed E-state index contributed by atoms with van der Waals surface area (Å²) in [7, 11) is 0. The van der Waals surface area contributed by atoms with Crippen LogP contribution in [0.25, 0.3) is 11.0 Å². The number of nitrogens with zero attached hydrogens (tertiary/aromatic N) is 2. The maximum Gasteiger partial charge on any atom is 0.208 e. The van der Waals surface area contributed by atoms with Crippen LogP contribution in [0.1, 0.15) is 25.8 Å². The first-order valence-corrected chi connectivity index (χ1v) is 7.93. The Balaban J connectivity index is 2.00. The predicted molar refractivity (Wildman–Crippen MR) is 93.6 cm³/mol. The average Bonchev–Trinajstić information content (AvgIpc) is 2.85. The summed E-state index contributed by atoms with van der Waals surface area (Å²) < 4.78 is 2.29. The van der Waals surface area contributed by atoms with Gasteiger partial charge in [-0.2, -0.15) is 0 Å². The molecule has 3 heteroatoms. The highest BCUT2D eigenvalue weighted by Crippen LogP contribution is 2.25. The lowest BCUT2D eigenvalue weighted by Gasteiger charge is -2.13. The Morgan fingerprint density at radius 1 is 1.05 bits per heavy atom. The van der Waals surface area contributed by atoms with Gasteiger partial charge in [0.25, 0.3) is 0 Å². The van der Waals surface area contributed by atoms with Crippen molar-refractivity contribution in [2.75, 3.05) is 5.32 Å². The van der Waals surface area contributed by atoms with E-state index < -0.39 is 0 Å². The Bertz CT molecular complexity index is 771. The summed E-state index contributed by atoms with van der Waals surface area (Å²) in [5.41, 5.74) is 4.58. The van der Waals surface area contributed by atoms with Crippen molar-refractivity contribution in [2.45, 2.75) is 33.7 Å². The third kappa shape index (κ3) is 2.98. The number of fused-ring (bicyclic) bond motifs is 1. The van der Waals surface area contributed by atoms with Gasteiger partial charge in [0.2, 0.25) is 5.95 Å². The lowest BCUT2D eigenvalue weighted by Crippen LogP contribution is -2.06. The Kier molecular flexibility index (Phi) is 4.14. The molecular weight excluding hydrogens is 270 g/mol. The van der Waals surface area contributed by atoms with E-state index in [2.05, 4.69) is 73.1 Å². The number of para-hydroxylation sites is 3. The van der Waals surface area contributed by atoms with Gasteiger partial charge in [-0.3, -0.25) is 0 Å². The van der Waals surface area contributed by atoms with Crippen LogP contribution in [-0.2, 0) is 6.54 Å². The smallest absolute Gasteiger partial charge is 0.208 e. The zero-order valence-corrected chi connectivity index (χ0v) is 13.5. The van der Waals surface area contributed by atoms with E-state index in [0.717, 1.165) is 30.1 Å². The van der Waals surface area contributed by atoms with Crippen molar-refractivity contribution in [1.29, 1.82) is 0 Å². The summed E-state index contributed by atoms with van der Waals surface area (Å²) in [6.45, 7) is 7.61. The molecule has 22 heavy (non-hydrogen) atoms. The van der Waals surface area contributed by atoms with E-state index >= 15 is 0 Å². The van der Waals surface area contributed by atoms with Gasteiger partial charge in [0.15, 0.2) is 0 Å². The molecule has 0 fully saturated rings. The second-order valence-corrected chi connectivity index (χ2v) is 6.20. The monoisotopic (exact) mass is 293 g/mol. The van der Waals surface area contributed by atoms with Crippen LogP contribution in [0.5, 0.6) is 0 Å². The second kappa shape index (κ2) is 6.22. The molecule has 1 heterocycles. The zero-order valence-electron chi connectivity index (χ0n) is 13.5. The molecular formula is C19H23N3. The van der Waals surface area contributed by atoms with E-state index in [1.807, 2.05) is 6.07 Å². The van der Waals surface area contributed by atoms with Crippen LogP contribution >= 0.6 is 0 Å². The van der Waals surface area contributed by atoms with Crippen molar-refractivity contribution in [3.05, 3.63) is 54.1 Å². The largest absolute Gasteiger partial charge is 0.325 e. The van der Waals surface area contributed by atoms with E-state index in [-0.39, 0.29) is 0 Å². The molecule has 0 saturated heterocycles. The number of nitrogens with one attached hydrogen (secondary N) is 1. The normalized spacial score (nSPS) is 11.3. The SMILES string of the molecule is Cc1ccccc1Nc1nc2ccccc2n1CCC(C)C. The van der Waals surface area contributed by atoms with Crippen LogP contribution in [0.3, 0.4) is 0 Å². The first kappa shape index (κ1) is 14.6. The fraction of sp³-hybridized carbons (Fsp3) is 0.316. The van der Waals surface area contributed by atoms with Crippen molar-refractivity contribution < 1.29 is 0 Å². The number of benzene rings is 2. The molecule has 3 nitrogen and oxygen atoms in total. The summed E-state index contributed by atoms with van der Waals surface area (Å²) in [6, 6.07) is 16.7. The molecule has 114 valence electrons. The number of imidazole rings is 1. The van der Waals surface area contributed by atoms with E-state index in [1.54, 1.807) is 0 Å². The van der Waals surface area contributed by atoms with Crippen LogP contribution in [0.4, 0.5) is 11.6 Å². The molecule has 0 amide bonds. The molecule has 1 N–H and O–H groups in total. The fourth-order valence-electron chi connectivity index (χ4n) is 2.62. The Labute approximate surface area is 132 Å². The van der Waals surface area contributed by atoms with Crippen LogP contribution in [0, 0.1) is 12.8 Å². The molecule has 0 atom stereocenters. The van der Waals surface area contributed by atoms with Crippen molar-refractivity contribution in [3.63, 3.8) is 0 Å². The number of rotatable bonds is 5. The van der Waals surface area contributed by atoms with Crippen molar-refractivity contribution in [3.8, 4) is 0 Å². The van der Waals surface area contributed by atoms with E-state index in [9.17, 15) is 0 Å². The van der Waals surface area contributed by atoms with Crippen LogP contribution in [0.2, 0.25) is 0 Å². The molecule has 0 unspecified atom stereocenters. The fourth-order valence-corrected chi connectivity index (χ4v) is 2.62. The van der Waals surface area contributed by atoms with E-state index in [4.69, 9.17) is 4.98 Å². The number of aromatic nitrogens is 2. The second-order valence-electron chi connectivity index (χ2n) is 6.20. The van der Waals surface area contributed by atoms with Crippen molar-refractivity contribution in [1.82, 2.24) is 9.55 Å². The maximum atomic E-state index is 4.78. The van der Waals surface area contributed by atoms with Gasteiger partial charge < -0.3 is 9.88 Å². The van der Waals surface area contributed by atoms with Crippen LogP contribution in [0.15, 0.2) is 48.5 Å². The summed E-state index contributed by atoms with van der Waals surface area (Å²) in [4.78, 5) is 4.78. The summed E-state index contributed by atoms with van der Waals surface area (Å²) >= 11 is 0. The minimum atomic E-state index is 0.674. The number of anilines is 2. The van der Waals surface area contributed by atoms with Gasteiger partial charge >= 0.3 is 0 Å². The van der Waals surface area contributed by atoms with Crippen molar-refractivity contribution >= 4 is 22.7 Å². The molecule has 0 saturated carbocycles. The van der Waals surface area contributed by atoms with Gasteiger partial charge in [-0.05, 0) is 43.0 Å². The Morgan fingerprint density at radius 2 is 1.77 bits per heavy atom. The minimum absolute atomic E-state index is 0.674. The van der Waals surface area contributed by atoms with Gasteiger partial charge in [0, 0.05) is 12.2 Å². The molecule has 0 radical (unpaired) electrons. The topological polar surface area (TPSA) is 29.9 Å². The summed E-state index contributed by atoms with van der Waals surface area (Å²) in [6.07, 6.45) is 1.14. The van der Waals surface area contributed by atoms with Gasteiger partial charge in [-0.25, -0.2) is 4.98 Å². The number of hydrogen-bond donors (Lipinski definition) is 1. The Morgan fingerprint density at radius 3 is 2.55 bits per heavy atom. The molecule has 0 bridgehead atoms. The van der Waals surface area contributed by atoms with Gasteiger partial charge in [0.1, 0.15) is 0 Å². The van der Waals surface area contributed by atoms with Gasteiger partial charge in [-0.1, -0.05) is 44.2 Å². The molecule has 0 spiro atoms. The quantitative estimate of drug-likeness (QED) is 0.706. The molecule has 1 aromatic heterocycles. The highest BCUT2D eigenvalue weighted by atomic mass is 15.2. The summed E-state index contributed by atoms with van der Waals surface area (Å²) in [5.74, 6) is 1.60. The third-order valence-corrected chi connectivity index (χ3v) is 3.98. The highest BCUT2D eigenvalue weighted by molar-refractivity contribution is 5.79. The standard InChI is InChI=1S/C19H23N3/c1-14(2)12-13-22-18-11-7-6-10-17(18)21-19(22)20-16-9-5-4-8-15(16)3/h4-11,14H,12-13H2,1-3H3,(H,20,21). The van der Waals surface area contributed by atoms with E-state index in [1.165, 1.54) is 11.1 Å². The average molecular weight is 293 g/mol. The van der Waals surface area contributed by atoms with E-state index in [0.29, 0.717) is 5.92 Å². The first-order chi connectivity index (χ1) is 10.6. The predicted octanol–water partition coefficient (Wildman–Crippen LogP) is 5.13. The number of hydrogen-bond acceptors (Lipinski definition) is 2. The molecule has 3 aromatic rings. The molecule has 0 aliphatic carbocycles. The van der Waals surface area contributed by atoms with Crippen LogP contribution in [-0.4, -0.2) is 9.55 Å². The van der Waals surface area contributed by atoms with Crippen molar-refractivity contribution in [2.24, 2.45) is 5.92 Å². The molecule has 0 aliphatic heterocycles. The van der Waals surface area contributed by atoms with Crippen LogP contribution < -0.4 is 5.32 Å². The maximum absolute atomic E-state index is 4.78. The minimum Gasteiger partial charge on any atom is -0.325 e. The molecule has 2 aromatic carbocycles. The third-order valence-electron chi connectivity index (χ3n) is 3.98. The lowest BCUT2D eigenvalue weighted by molar-refractivity contribution is 0.526. The zero-order chi connectivity index (χ0) is 15.5. The Hall–Kier alpha value is -2.29.